The Hall–Kier alpha value is -3.56. The molecule has 10 heteroatoms. The molecule has 1 atom stereocenters. The van der Waals surface area contributed by atoms with Crippen LogP contribution in [0.1, 0.15) is 35.6 Å². The van der Waals surface area contributed by atoms with Crippen molar-refractivity contribution in [1.29, 1.82) is 0 Å². The summed E-state index contributed by atoms with van der Waals surface area (Å²) in [5.41, 5.74) is 3.55. The van der Waals surface area contributed by atoms with Crippen molar-refractivity contribution in [3.63, 3.8) is 0 Å². The van der Waals surface area contributed by atoms with Crippen LogP contribution in [0.4, 0.5) is 16.3 Å². The number of anilines is 2. The molecule has 34 heavy (non-hydrogen) atoms. The first-order valence-electron chi connectivity index (χ1n) is 11.9. The Kier molecular flexibility index (Phi) is 6.37. The van der Waals surface area contributed by atoms with Crippen molar-refractivity contribution in [2.75, 3.05) is 56.5 Å². The van der Waals surface area contributed by atoms with E-state index in [1.807, 2.05) is 0 Å². The first kappa shape index (κ1) is 22.2. The maximum absolute atomic E-state index is 12.9. The number of amides is 2. The number of aromatic nitrogens is 2. The summed E-state index contributed by atoms with van der Waals surface area (Å²) >= 11 is 0. The van der Waals surface area contributed by atoms with Crippen LogP contribution in [0.15, 0.2) is 24.4 Å². The summed E-state index contributed by atoms with van der Waals surface area (Å²) in [6, 6.07) is 5.88. The van der Waals surface area contributed by atoms with E-state index in [1.165, 1.54) is 11.8 Å². The Morgan fingerprint density at radius 3 is 2.97 bits per heavy atom. The van der Waals surface area contributed by atoms with Crippen LogP contribution in [0.3, 0.4) is 0 Å². The number of carbonyl (C=O) groups excluding carboxylic acids is 1. The third kappa shape index (κ3) is 4.71. The summed E-state index contributed by atoms with van der Waals surface area (Å²) in [7, 11) is 0. The average molecular weight is 467 g/mol. The molecule has 0 saturated carbocycles. The van der Waals surface area contributed by atoms with Crippen molar-refractivity contribution in [1.82, 2.24) is 19.8 Å². The number of nitrogens with one attached hydrogen (secondary N) is 2. The number of carbonyl (C=O) groups is 2. The summed E-state index contributed by atoms with van der Waals surface area (Å²) < 4.78 is 5.48. The molecule has 0 bridgehead atoms. The molecule has 0 aromatic carbocycles. The van der Waals surface area contributed by atoms with E-state index in [2.05, 4.69) is 27.8 Å². The molecule has 180 valence electrons. The minimum absolute atomic E-state index is 0.112. The summed E-state index contributed by atoms with van der Waals surface area (Å²) in [6.45, 7) is 3.99. The number of carboxylic acid groups (broad SMARTS) is 1. The molecule has 10 nitrogen and oxygen atoms in total. The number of hydrogen-bond acceptors (Lipinski definition) is 7. The molecule has 3 N–H and O–H groups in total. The number of aryl methyl sites for hydroxylation is 2. The first-order valence-corrected chi connectivity index (χ1v) is 11.9. The molecule has 2 aromatic heterocycles. The van der Waals surface area contributed by atoms with E-state index in [9.17, 15) is 14.7 Å². The van der Waals surface area contributed by atoms with Crippen molar-refractivity contribution in [2.24, 2.45) is 0 Å². The number of nitrogens with zero attached hydrogens (tertiary/aromatic N) is 4. The summed E-state index contributed by atoms with van der Waals surface area (Å²) in [5, 5.41) is 16.4. The van der Waals surface area contributed by atoms with E-state index >= 15 is 0 Å². The number of ether oxygens (including phenoxy) is 1. The molecule has 5 heterocycles. The third-order valence-electron chi connectivity index (χ3n) is 6.63. The molecular weight excluding hydrogens is 436 g/mol. The fraction of sp³-hybridized carbons (Fsp3) is 0.500. The highest BCUT2D eigenvalue weighted by Crippen LogP contribution is 2.29. The van der Waals surface area contributed by atoms with Crippen molar-refractivity contribution in [2.45, 2.75) is 31.6 Å². The molecule has 2 amide bonds. The second-order valence-corrected chi connectivity index (χ2v) is 8.95. The summed E-state index contributed by atoms with van der Waals surface area (Å²) in [5.74, 6) is -0.355. The maximum atomic E-state index is 12.9. The zero-order valence-electron chi connectivity index (χ0n) is 19.1. The summed E-state index contributed by atoms with van der Waals surface area (Å²) in [6.07, 6.45) is 5.35. The van der Waals surface area contributed by atoms with Gasteiger partial charge in [0.25, 0.3) is 0 Å². The van der Waals surface area contributed by atoms with Crippen LogP contribution in [0.5, 0.6) is 5.88 Å². The van der Waals surface area contributed by atoms with Gasteiger partial charge in [-0.2, -0.15) is 0 Å². The molecule has 1 saturated heterocycles. The Morgan fingerprint density at radius 2 is 2.09 bits per heavy atom. The Balaban J connectivity index is 1.16. The van der Waals surface area contributed by atoms with Gasteiger partial charge in [-0.25, -0.2) is 14.8 Å². The van der Waals surface area contributed by atoms with Gasteiger partial charge in [0.15, 0.2) is 0 Å². The zero-order valence-corrected chi connectivity index (χ0v) is 19.1. The molecule has 1 fully saturated rings. The van der Waals surface area contributed by atoms with Gasteiger partial charge in [0, 0.05) is 51.2 Å². The highest BCUT2D eigenvalue weighted by Gasteiger charge is 2.33. The predicted octanol–water partition coefficient (Wildman–Crippen LogP) is 2.18. The van der Waals surface area contributed by atoms with Crippen molar-refractivity contribution in [3.8, 4) is 5.88 Å². The van der Waals surface area contributed by atoms with Crippen LogP contribution in [0.2, 0.25) is 0 Å². The monoisotopic (exact) mass is 466 g/mol. The molecule has 0 aliphatic carbocycles. The lowest BCUT2D eigenvalue weighted by molar-refractivity contribution is -0.139. The Bertz CT molecular complexity index is 1080. The van der Waals surface area contributed by atoms with Gasteiger partial charge in [-0.15, -0.1) is 0 Å². The van der Waals surface area contributed by atoms with Crippen LogP contribution in [0, 0.1) is 0 Å². The normalized spacial score (nSPS) is 17.8. The maximum Gasteiger partial charge on any atom is 0.320 e. The van der Waals surface area contributed by atoms with Gasteiger partial charge < -0.3 is 30.3 Å². The first-order chi connectivity index (χ1) is 16.6. The third-order valence-corrected chi connectivity index (χ3v) is 6.63. The van der Waals surface area contributed by atoms with Crippen molar-refractivity contribution >= 4 is 23.5 Å². The zero-order chi connectivity index (χ0) is 23.5. The molecule has 0 spiro atoms. The van der Waals surface area contributed by atoms with Gasteiger partial charge in [0.2, 0.25) is 5.88 Å². The van der Waals surface area contributed by atoms with Gasteiger partial charge in [0.1, 0.15) is 18.3 Å². The van der Waals surface area contributed by atoms with E-state index < -0.39 is 11.9 Å². The van der Waals surface area contributed by atoms with Gasteiger partial charge in [-0.05, 0) is 48.9 Å². The quantitative estimate of drug-likeness (QED) is 0.542. The second-order valence-electron chi connectivity index (χ2n) is 8.95. The SMILES string of the molecule is O=C(O)[C@@H](CN1CCN(CCCc2ccc3c(n2)NCCC3)C1=O)c1cnc2c(c1)NCCO2. The highest BCUT2D eigenvalue weighted by atomic mass is 16.5. The van der Waals surface area contributed by atoms with Crippen molar-refractivity contribution in [3.05, 3.63) is 41.2 Å². The van der Waals surface area contributed by atoms with E-state index in [-0.39, 0.29) is 12.6 Å². The van der Waals surface area contributed by atoms with Gasteiger partial charge in [0.05, 0.1) is 5.69 Å². The lowest BCUT2D eigenvalue weighted by Crippen LogP contribution is -2.37. The second kappa shape index (κ2) is 9.74. The predicted molar refractivity (Wildman–Crippen MR) is 127 cm³/mol. The van der Waals surface area contributed by atoms with Crippen LogP contribution >= 0.6 is 0 Å². The van der Waals surface area contributed by atoms with Crippen LogP contribution < -0.4 is 15.4 Å². The number of pyridine rings is 2. The number of urea groups is 1. The largest absolute Gasteiger partial charge is 0.481 e. The molecular formula is C24H30N6O4. The van der Waals surface area contributed by atoms with Crippen LogP contribution in [-0.4, -0.2) is 82.8 Å². The number of carboxylic acids is 1. The number of aliphatic carboxylic acids is 1. The summed E-state index contributed by atoms with van der Waals surface area (Å²) in [4.78, 5) is 37.4. The fourth-order valence-corrected chi connectivity index (χ4v) is 4.75. The molecule has 0 unspecified atom stereocenters. The van der Waals surface area contributed by atoms with Crippen LogP contribution in [0.25, 0.3) is 0 Å². The fourth-order valence-electron chi connectivity index (χ4n) is 4.75. The van der Waals surface area contributed by atoms with Gasteiger partial charge >= 0.3 is 12.0 Å². The average Bonchev–Trinajstić information content (AvgIpc) is 3.21. The van der Waals surface area contributed by atoms with Gasteiger partial charge in [-0.1, -0.05) is 6.07 Å². The lowest BCUT2D eigenvalue weighted by Gasteiger charge is -2.24. The minimum Gasteiger partial charge on any atom is -0.481 e. The molecule has 3 aliphatic rings. The number of hydrogen-bond donors (Lipinski definition) is 3. The number of rotatable bonds is 8. The lowest BCUT2D eigenvalue weighted by atomic mass is 10.00. The van der Waals surface area contributed by atoms with E-state index in [1.54, 1.807) is 15.9 Å². The van der Waals surface area contributed by atoms with E-state index in [0.29, 0.717) is 49.9 Å². The molecule has 0 radical (unpaired) electrons. The van der Waals surface area contributed by atoms with Crippen LogP contribution in [-0.2, 0) is 17.6 Å². The van der Waals surface area contributed by atoms with Crippen molar-refractivity contribution < 1.29 is 19.4 Å². The molecule has 3 aliphatic heterocycles. The smallest absolute Gasteiger partial charge is 0.320 e. The highest BCUT2D eigenvalue weighted by molar-refractivity contribution is 5.80. The minimum atomic E-state index is -0.975. The van der Waals surface area contributed by atoms with E-state index in [0.717, 1.165) is 43.7 Å². The van der Waals surface area contributed by atoms with Gasteiger partial charge in [-0.3, -0.25) is 4.79 Å². The standard InChI is InChI=1S/C24H30N6O4/c31-23(32)19(17-13-20-22(27-14-17)34-12-8-25-20)15-30-11-10-29(24(30)33)9-2-4-18-6-5-16-3-1-7-26-21(16)28-18/h5-6,13-14,19,25H,1-4,7-12,15H2,(H,26,28)(H,31,32)/t19-/m0/s1. The Morgan fingerprint density at radius 1 is 1.21 bits per heavy atom. The molecule has 2 aromatic rings. The topological polar surface area (TPSA) is 120 Å². The Labute approximate surface area is 198 Å². The number of fused-ring (bicyclic) bond motifs is 2. The van der Waals surface area contributed by atoms with E-state index in [4.69, 9.17) is 9.72 Å². The molecule has 5 rings (SSSR count).